The average Bonchev–Trinajstić information content (AvgIpc) is 2.40. The largest absolute Gasteiger partial charge is 0.693 e. The summed E-state index contributed by atoms with van der Waals surface area (Å²) in [5, 5.41) is 0. The molecule has 0 unspecified atom stereocenters. The second kappa shape index (κ2) is 72.4. The predicted molar refractivity (Wildman–Crippen MR) is 106 cm³/mol. The Labute approximate surface area is 162 Å². The van der Waals surface area contributed by atoms with E-state index in [0.29, 0.717) is 0 Å². The summed E-state index contributed by atoms with van der Waals surface area (Å²) in [6.45, 7) is 10.7. The first-order chi connectivity index (χ1) is 5.65. The molecule has 1 nitrogen and oxygen atoms in total. The molecule has 0 aliphatic heterocycles. The Balaban J connectivity index is -0.00000000798. The van der Waals surface area contributed by atoms with Crippen LogP contribution < -0.4 is 0 Å². The van der Waals surface area contributed by atoms with E-state index in [1.165, 1.54) is 5.92 Å². The van der Waals surface area contributed by atoms with Crippen LogP contribution in [0, 0.1) is 41.7 Å². The van der Waals surface area contributed by atoms with Crippen molar-refractivity contribution in [3.63, 3.8) is 0 Å². The molecule has 0 aromatic rings. The molecular weight excluding hydrogens is 341 g/mol. The summed E-state index contributed by atoms with van der Waals surface area (Å²) in [5.41, 5.74) is 0. The van der Waals surface area contributed by atoms with E-state index < -0.39 is 0 Å². The van der Waals surface area contributed by atoms with Crippen molar-refractivity contribution in [3.8, 4) is 0 Å². The van der Waals surface area contributed by atoms with E-state index in [1.807, 2.05) is 12.2 Å². The molecule has 1 rings (SSSR count). The number of halogens is 2. The van der Waals surface area contributed by atoms with Crippen molar-refractivity contribution < 1.29 is 21.7 Å². The normalized spacial score (nSPS) is 7.10. The van der Waals surface area contributed by atoms with Crippen molar-refractivity contribution in [2.75, 3.05) is 0 Å². The summed E-state index contributed by atoms with van der Waals surface area (Å²) < 4.78 is 0. The zero-order valence-electron chi connectivity index (χ0n) is 14.9. The molecule has 0 atom stereocenters. The molecule has 20 heavy (non-hydrogen) atoms. The van der Waals surface area contributed by atoms with Crippen molar-refractivity contribution in [1.82, 2.24) is 0 Å². The van der Waals surface area contributed by atoms with E-state index in [0.717, 1.165) is 15.9 Å². The van der Waals surface area contributed by atoms with E-state index in [2.05, 4.69) is 46.0 Å². The van der Waals surface area contributed by atoms with Gasteiger partial charge in [0.05, 0.1) is 0 Å². The van der Waals surface area contributed by atoms with Crippen LogP contribution in [0.2, 0.25) is 13.1 Å². The topological polar surface area (TPSA) is 33.5 Å². The first-order valence-electron chi connectivity index (χ1n) is 4.37. The number of hydrogen-bond acceptors (Lipinski definition) is 0. The summed E-state index contributed by atoms with van der Waals surface area (Å²) in [4.78, 5) is 0. The fourth-order valence-corrected chi connectivity index (χ4v) is 0.340. The van der Waals surface area contributed by atoms with Gasteiger partial charge in [-0.25, -0.2) is 12.2 Å². The predicted octanol–water partition coefficient (Wildman–Crippen LogP) is 6.80. The van der Waals surface area contributed by atoms with Crippen LogP contribution >= 0.6 is 24.8 Å². The monoisotopic (exact) mass is 377 g/mol. The van der Waals surface area contributed by atoms with Gasteiger partial charge in [-0.05, 0) is 0 Å². The van der Waals surface area contributed by atoms with Gasteiger partial charge in [0, 0.05) is 31.2 Å². The van der Waals surface area contributed by atoms with Gasteiger partial charge < -0.3 is 41.8 Å². The van der Waals surface area contributed by atoms with E-state index in [9.17, 15) is 0 Å². The second-order valence-corrected chi connectivity index (χ2v) is 4.24. The van der Waals surface area contributed by atoms with Crippen LogP contribution in [0.5, 0.6) is 0 Å². The average molecular weight is 378 g/mol. The van der Waals surface area contributed by atoms with E-state index in [4.69, 9.17) is 0 Å². The molecule has 1 aliphatic carbocycles. The molecule has 5 heteroatoms. The first-order valence-corrected chi connectivity index (χ1v) is 6.68. The molecular formula is C15H37Cl2NSiTi-7. The molecule has 0 saturated carbocycles. The van der Waals surface area contributed by atoms with Crippen molar-refractivity contribution in [2.24, 2.45) is 0 Å². The van der Waals surface area contributed by atoms with Crippen LogP contribution in [-0.2, 0) is 21.7 Å². The maximum Gasteiger partial charge on any atom is 0.0213 e. The third kappa shape index (κ3) is 172. The molecule has 2 N–H and O–H groups in total. The maximum atomic E-state index is 2.99. The van der Waals surface area contributed by atoms with Gasteiger partial charge in [-0.3, -0.25) is 6.08 Å². The molecule has 0 spiro atoms. The van der Waals surface area contributed by atoms with Gasteiger partial charge >= 0.3 is 0 Å². The molecule has 1 aliphatic rings. The van der Waals surface area contributed by atoms with Crippen LogP contribution in [0.4, 0.5) is 0 Å². The fraction of sp³-hybridized carbons (Fsp3) is 0.400. The van der Waals surface area contributed by atoms with Crippen molar-refractivity contribution in [1.29, 1.82) is 0 Å². The zero-order valence-corrected chi connectivity index (χ0v) is 19.3. The van der Waals surface area contributed by atoms with E-state index in [-0.39, 0.29) is 82.4 Å². The summed E-state index contributed by atoms with van der Waals surface area (Å²) in [6.07, 6.45) is 10.0. The summed E-state index contributed by atoms with van der Waals surface area (Å²) in [5.74, 6) is 1.42. The maximum absolute atomic E-state index is 2.99. The van der Waals surface area contributed by atoms with Crippen molar-refractivity contribution >= 4 is 34.3 Å². The molecule has 0 fully saturated rings. The Bertz CT molecular complexity index is 120. The van der Waals surface area contributed by atoms with E-state index in [1.54, 1.807) is 0 Å². The summed E-state index contributed by atoms with van der Waals surface area (Å²) >= 11 is 0. The van der Waals surface area contributed by atoms with Gasteiger partial charge in [-0.15, -0.1) is 31.2 Å². The number of rotatable bonds is 0. The van der Waals surface area contributed by atoms with Gasteiger partial charge in [0.1, 0.15) is 0 Å². The van der Waals surface area contributed by atoms with Crippen LogP contribution in [0.3, 0.4) is 0 Å². The Morgan fingerprint density at radius 3 is 1.25 bits per heavy atom. The van der Waals surface area contributed by atoms with Crippen molar-refractivity contribution in [2.45, 2.75) is 40.3 Å². The van der Waals surface area contributed by atoms with Gasteiger partial charge in [-0.1, -0.05) is 13.1 Å². The molecule has 1 radical (unpaired) electrons. The minimum absolute atomic E-state index is 0. The quantitative estimate of drug-likeness (QED) is 0.328. The van der Waals surface area contributed by atoms with Gasteiger partial charge in [0.15, 0.2) is 0 Å². The van der Waals surface area contributed by atoms with Crippen molar-refractivity contribution in [3.05, 3.63) is 66.1 Å². The number of allylic oxidation sites excluding steroid dienone is 4. The Hall–Kier alpha value is 0.951. The molecule has 0 amide bonds. The molecule has 0 aromatic heterocycles. The molecule has 131 valence electrons. The number of nitrogens with two attached hydrogens (primary N) is 1. The molecule has 0 heterocycles. The summed E-state index contributed by atoms with van der Waals surface area (Å²) in [7, 11) is 0.750. The second-order valence-electron chi connectivity index (χ2n) is 3.08. The van der Waals surface area contributed by atoms with Crippen LogP contribution in [-0.4, -0.2) is 9.52 Å². The minimum Gasteiger partial charge on any atom is -0.693 e. The van der Waals surface area contributed by atoms with Crippen LogP contribution in [0.1, 0.15) is 27.2 Å². The van der Waals surface area contributed by atoms with Crippen LogP contribution in [0.25, 0.3) is 6.15 Å². The SMILES string of the molecule is C[C-](C)C.C[SiH]C.Cl.Cl.[C-]1=CC=CC1.[CH3-].[CH3-].[CH3-].[CH3-].[NH2-].[Ti]. The smallest absolute Gasteiger partial charge is 0.0213 e. The zero-order chi connectivity index (χ0) is 9.82. The molecule has 0 bridgehead atoms. The van der Waals surface area contributed by atoms with Gasteiger partial charge in [0.2, 0.25) is 0 Å². The Morgan fingerprint density at radius 2 is 1.20 bits per heavy atom. The van der Waals surface area contributed by atoms with Gasteiger partial charge in [-0.2, -0.15) is 26.8 Å². The minimum atomic E-state index is 0. The van der Waals surface area contributed by atoms with Gasteiger partial charge in [0.25, 0.3) is 0 Å². The van der Waals surface area contributed by atoms with Crippen LogP contribution in [0.15, 0.2) is 18.2 Å². The first kappa shape index (κ1) is 69.5. The third-order valence-electron chi connectivity index (χ3n) is 0.586. The summed E-state index contributed by atoms with van der Waals surface area (Å²) in [6, 6.07) is 0. The van der Waals surface area contributed by atoms with E-state index >= 15 is 0 Å². The Kier molecular flexibility index (Phi) is 252. The Morgan fingerprint density at radius 1 is 0.950 bits per heavy atom. The standard InChI is InChI=1S/C5H5.C4H9.C2H7Si.4CH3.2ClH.H2N.Ti/c1-2-4-5-3-1;1-4(2)3;1-3-2;;;;;;;;/h1-3H,4H2;1-3H3;3H,1-2H3;4*1H3;2*1H;1H2;/q2*-1;;4*-1;;;-1;. The number of hydrogen-bond donors (Lipinski definition) is 0. The fourth-order valence-electron chi connectivity index (χ4n) is 0.340. The third-order valence-corrected chi connectivity index (χ3v) is 0.586. The molecule has 0 aromatic carbocycles. The molecule has 0 saturated heterocycles.